The number of nitro benzene ring substituents is 2. The second kappa shape index (κ2) is 18.2. The van der Waals surface area contributed by atoms with Gasteiger partial charge < -0.3 is 24.4 Å². The van der Waals surface area contributed by atoms with Crippen LogP contribution < -0.4 is 9.47 Å². The number of phosphoric acid groups is 1. The zero-order valence-corrected chi connectivity index (χ0v) is 30.1. The Balaban J connectivity index is 0.000000245. The topological polar surface area (TPSA) is 210 Å². The van der Waals surface area contributed by atoms with Gasteiger partial charge in [-0.25, -0.2) is 4.57 Å². The molecule has 280 valence electrons. The summed E-state index contributed by atoms with van der Waals surface area (Å²) >= 11 is 0. The predicted molar refractivity (Wildman–Crippen MR) is 190 cm³/mol. The number of nitrogens with zero attached hydrogens (tertiary/aromatic N) is 4. The van der Waals surface area contributed by atoms with Crippen molar-refractivity contribution in [1.29, 1.82) is 0 Å². The Kier molecular flexibility index (Phi) is 13.7. The third-order valence-electron chi connectivity index (χ3n) is 7.27. The van der Waals surface area contributed by atoms with Crippen molar-refractivity contribution < 1.29 is 52.2 Å². The molecule has 0 bridgehead atoms. The maximum atomic E-state index is 12.3. The highest BCUT2D eigenvalue weighted by molar-refractivity contribution is 7.48. The molecular formula is C35H37N4O13P. The van der Waals surface area contributed by atoms with Gasteiger partial charge in [-0.1, -0.05) is 0 Å². The van der Waals surface area contributed by atoms with Gasteiger partial charge in [0.1, 0.15) is 11.5 Å². The molecule has 0 spiro atoms. The lowest BCUT2D eigenvalue weighted by atomic mass is 10.2. The Morgan fingerprint density at radius 1 is 0.717 bits per heavy atom. The number of rotatable bonds is 12. The van der Waals surface area contributed by atoms with Gasteiger partial charge >= 0.3 is 19.2 Å². The van der Waals surface area contributed by atoms with Crippen LogP contribution in [0.3, 0.4) is 0 Å². The summed E-state index contributed by atoms with van der Waals surface area (Å²) in [5.41, 5.74) is 1.50. The summed E-state index contributed by atoms with van der Waals surface area (Å²) in [7, 11) is 2.95. The first kappa shape index (κ1) is 40.1. The number of aliphatic hydroxyl groups excluding tert-OH is 1. The van der Waals surface area contributed by atoms with Gasteiger partial charge in [-0.15, -0.1) is 0 Å². The zero-order valence-electron chi connectivity index (χ0n) is 29.2. The smallest absolute Gasteiger partial charge is 0.450 e. The monoisotopic (exact) mass is 752 g/mol. The van der Waals surface area contributed by atoms with E-state index < -0.39 is 17.7 Å². The lowest BCUT2D eigenvalue weighted by molar-refractivity contribution is -0.385. The van der Waals surface area contributed by atoms with Gasteiger partial charge in [0.2, 0.25) is 11.5 Å². The number of aliphatic hydroxyl groups is 1. The Hall–Kier alpha value is -5.71. The molecular weight excluding hydrogens is 715 g/mol. The molecule has 0 atom stereocenters. The Bertz CT molecular complexity index is 1980. The Labute approximate surface area is 304 Å². The maximum absolute atomic E-state index is 12.3. The quantitative estimate of drug-likeness (QED) is 0.0905. The molecule has 4 aromatic carbocycles. The van der Waals surface area contributed by atoms with Crippen LogP contribution in [0.5, 0.6) is 23.0 Å². The summed E-state index contributed by atoms with van der Waals surface area (Å²) in [6.45, 7) is 0.170. The first-order chi connectivity index (χ1) is 25.2. The van der Waals surface area contributed by atoms with Crippen LogP contribution in [0.2, 0.25) is 0 Å². The SMILES string of the molecule is CN(C)C(=O)c1ccc(Oc2cc(CO)ccc2[N+](=O)[O-])cc1.CN(C)C(=O)c1ccc(Oc2cc(COP3(=O)OCCCO3)ccc2[N+](=O)[O-])cc1. The first-order valence-corrected chi connectivity index (χ1v) is 17.3. The minimum Gasteiger partial charge on any atom is -0.450 e. The minimum atomic E-state index is -3.63. The van der Waals surface area contributed by atoms with E-state index in [1.54, 1.807) is 76.7 Å². The summed E-state index contributed by atoms with van der Waals surface area (Å²) in [6, 6.07) is 20.9. The summed E-state index contributed by atoms with van der Waals surface area (Å²) < 4.78 is 38.9. The highest BCUT2D eigenvalue weighted by Crippen LogP contribution is 2.52. The van der Waals surface area contributed by atoms with Crippen molar-refractivity contribution in [1.82, 2.24) is 9.80 Å². The van der Waals surface area contributed by atoms with Gasteiger partial charge in [0.05, 0.1) is 36.3 Å². The van der Waals surface area contributed by atoms with E-state index in [1.165, 1.54) is 46.2 Å². The number of hydrogen-bond acceptors (Lipinski definition) is 13. The molecule has 4 aromatic rings. The standard InChI is InChI=1S/C19H21N2O8P.C16H16N2O5/c1-20(2)19(22)15-5-7-16(8-6-15)29-18-12-14(4-9-17(18)21(23)24)13-28-30(25)26-10-3-11-27-30;1-17(2)16(20)12-4-6-13(7-5-12)23-15-9-11(10-19)3-8-14(15)18(21)22/h4-9,12H,3,10-11,13H2,1-2H3;3-9,19H,10H2,1-2H3. The number of phosphoric ester groups is 1. The van der Waals surface area contributed by atoms with Crippen molar-refractivity contribution in [2.75, 3.05) is 41.4 Å². The number of benzene rings is 4. The van der Waals surface area contributed by atoms with Gasteiger partial charge in [0, 0.05) is 51.5 Å². The van der Waals surface area contributed by atoms with Crippen molar-refractivity contribution in [3.63, 3.8) is 0 Å². The number of carbonyl (C=O) groups is 2. The van der Waals surface area contributed by atoms with Gasteiger partial charge in [-0.05, 0) is 90.3 Å². The summed E-state index contributed by atoms with van der Waals surface area (Å²) in [5.74, 6) is 0.375. The average Bonchev–Trinajstić information content (AvgIpc) is 3.14. The fourth-order valence-electron chi connectivity index (χ4n) is 4.55. The van der Waals surface area contributed by atoms with E-state index >= 15 is 0 Å². The van der Waals surface area contributed by atoms with Crippen LogP contribution in [-0.4, -0.2) is 78.0 Å². The molecule has 1 saturated heterocycles. The maximum Gasteiger partial charge on any atom is 0.475 e. The lowest BCUT2D eigenvalue weighted by Crippen LogP contribution is -2.21. The van der Waals surface area contributed by atoms with Crippen LogP contribution in [0.25, 0.3) is 0 Å². The number of hydrogen-bond donors (Lipinski definition) is 1. The molecule has 2 amide bonds. The molecule has 1 aliphatic rings. The van der Waals surface area contributed by atoms with Crippen LogP contribution in [0.15, 0.2) is 84.9 Å². The van der Waals surface area contributed by atoms with E-state index in [2.05, 4.69) is 0 Å². The van der Waals surface area contributed by atoms with Crippen LogP contribution in [0.4, 0.5) is 11.4 Å². The van der Waals surface area contributed by atoms with Gasteiger partial charge in [-0.3, -0.25) is 43.4 Å². The van der Waals surface area contributed by atoms with Crippen LogP contribution in [0.1, 0.15) is 38.3 Å². The van der Waals surface area contributed by atoms with Crippen molar-refractivity contribution in [3.8, 4) is 23.0 Å². The van der Waals surface area contributed by atoms with Crippen LogP contribution in [0, 0.1) is 20.2 Å². The average molecular weight is 753 g/mol. The van der Waals surface area contributed by atoms with E-state index in [9.17, 15) is 34.4 Å². The molecule has 1 fully saturated rings. The normalized spacial score (nSPS) is 13.2. The molecule has 0 aliphatic carbocycles. The molecule has 1 heterocycles. The molecule has 0 aromatic heterocycles. The van der Waals surface area contributed by atoms with Crippen molar-refractivity contribution in [2.45, 2.75) is 19.6 Å². The largest absolute Gasteiger partial charge is 0.475 e. The molecule has 0 radical (unpaired) electrons. The summed E-state index contributed by atoms with van der Waals surface area (Å²) in [5, 5.41) is 31.5. The molecule has 18 heteroatoms. The van der Waals surface area contributed by atoms with E-state index in [1.807, 2.05) is 0 Å². The highest BCUT2D eigenvalue weighted by atomic mass is 31.2. The van der Waals surface area contributed by atoms with Gasteiger partial charge in [0.25, 0.3) is 11.8 Å². The lowest BCUT2D eigenvalue weighted by Gasteiger charge is -2.21. The second-order valence-electron chi connectivity index (χ2n) is 11.7. The Morgan fingerprint density at radius 3 is 1.53 bits per heavy atom. The first-order valence-electron chi connectivity index (χ1n) is 15.9. The molecule has 53 heavy (non-hydrogen) atoms. The van der Waals surface area contributed by atoms with Crippen molar-refractivity contribution >= 4 is 31.0 Å². The number of nitro groups is 2. The number of ether oxygens (including phenoxy) is 2. The molecule has 0 unspecified atom stereocenters. The van der Waals surface area contributed by atoms with E-state index in [0.29, 0.717) is 40.2 Å². The van der Waals surface area contributed by atoms with Crippen LogP contribution in [-0.2, 0) is 31.4 Å². The second-order valence-corrected chi connectivity index (χ2v) is 13.3. The third-order valence-corrected chi connectivity index (χ3v) is 8.71. The number of carbonyl (C=O) groups excluding carboxylic acids is 2. The predicted octanol–water partition coefficient (Wildman–Crippen LogP) is 6.73. The van der Waals surface area contributed by atoms with Crippen molar-refractivity contribution in [2.24, 2.45) is 0 Å². The van der Waals surface area contributed by atoms with E-state index in [4.69, 9.17) is 28.2 Å². The van der Waals surface area contributed by atoms with Crippen LogP contribution >= 0.6 is 7.82 Å². The van der Waals surface area contributed by atoms with E-state index in [-0.39, 0.29) is 61.1 Å². The van der Waals surface area contributed by atoms with Crippen molar-refractivity contribution in [3.05, 3.63) is 127 Å². The third kappa shape index (κ3) is 11.1. The molecule has 5 rings (SSSR count). The molecule has 17 nitrogen and oxygen atoms in total. The minimum absolute atomic E-state index is 0.0171. The fourth-order valence-corrected chi connectivity index (χ4v) is 5.79. The Morgan fingerprint density at radius 2 is 1.13 bits per heavy atom. The fraction of sp³-hybridized carbons (Fsp3) is 0.257. The molecule has 1 aliphatic heterocycles. The molecule has 1 N–H and O–H groups in total. The zero-order chi connectivity index (χ0) is 38.7. The summed E-state index contributed by atoms with van der Waals surface area (Å²) in [6.07, 6.45) is 0.627. The molecule has 0 saturated carbocycles. The van der Waals surface area contributed by atoms with Gasteiger partial charge in [0.15, 0.2) is 0 Å². The van der Waals surface area contributed by atoms with Gasteiger partial charge in [-0.2, -0.15) is 0 Å². The number of amides is 2. The van der Waals surface area contributed by atoms with E-state index in [0.717, 1.165) is 0 Å². The highest BCUT2D eigenvalue weighted by Gasteiger charge is 2.30. The summed E-state index contributed by atoms with van der Waals surface area (Å²) in [4.78, 5) is 47.9.